The fraction of sp³-hybridized carbons (Fsp3) is 0.533. The molecule has 0 aromatic heterocycles. The van der Waals surface area contributed by atoms with Crippen LogP contribution in [0.25, 0.3) is 0 Å². The maximum atomic E-state index is 11.4. The first-order valence-electron chi connectivity index (χ1n) is 6.19. The van der Waals surface area contributed by atoms with Gasteiger partial charge in [-0.1, -0.05) is 51.1 Å². The predicted octanol–water partition coefficient (Wildman–Crippen LogP) is 2.99. The molecular weight excluding hydrogens is 212 g/mol. The Morgan fingerprint density at radius 1 is 1.29 bits per heavy atom. The lowest BCUT2D eigenvalue weighted by molar-refractivity contribution is -0.122. The van der Waals surface area contributed by atoms with Gasteiger partial charge in [0.2, 0.25) is 0 Å². The van der Waals surface area contributed by atoms with Crippen molar-refractivity contribution in [1.82, 2.24) is 0 Å². The number of Topliss-reactive ketones (excluding diaryl/α,β-unsaturated/α-hetero) is 1. The third-order valence-corrected chi connectivity index (χ3v) is 3.22. The van der Waals surface area contributed by atoms with Gasteiger partial charge in [-0.25, -0.2) is 0 Å². The Balaban J connectivity index is 2.64. The molecule has 2 heteroatoms. The van der Waals surface area contributed by atoms with Gasteiger partial charge in [0.05, 0.1) is 6.10 Å². The van der Waals surface area contributed by atoms with Crippen molar-refractivity contribution in [2.24, 2.45) is 5.41 Å². The van der Waals surface area contributed by atoms with E-state index in [0.717, 1.165) is 6.42 Å². The van der Waals surface area contributed by atoms with Crippen molar-refractivity contribution in [3.63, 3.8) is 0 Å². The number of carbonyl (C=O) groups excluding carboxylic acids is 1. The van der Waals surface area contributed by atoms with E-state index < -0.39 is 6.10 Å². The van der Waals surface area contributed by atoms with Crippen molar-refractivity contribution in [2.75, 3.05) is 0 Å². The summed E-state index contributed by atoms with van der Waals surface area (Å²) in [6.45, 7) is 5.85. The highest BCUT2D eigenvalue weighted by Gasteiger charge is 2.29. The maximum absolute atomic E-state index is 11.4. The summed E-state index contributed by atoms with van der Waals surface area (Å²) < 4.78 is 0. The molecule has 0 unspecified atom stereocenters. The van der Waals surface area contributed by atoms with Crippen LogP contribution in [-0.4, -0.2) is 17.0 Å². The monoisotopic (exact) mass is 234 g/mol. The summed E-state index contributed by atoms with van der Waals surface area (Å²) >= 11 is 0. The van der Waals surface area contributed by atoms with Gasteiger partial charge in [0, 0.05) is 12.8 Å². The predicted molar refractivity (Wildman–Crippen MR) is 69.8 cm³/mol. The number of ketones is 1. The minimum atomic E-state index is -0.574. The summed E-state index contributed by atoms with van der Waals surface area (Å²) in [5, 5.41) is 10.1. The molecule has 0 heterocycles. The highest BCUT2D eigenvalue weighted by atomic mass is 16.3. The molecule has 0 bridgehead atoms. The molecule has 0 aliphatic rings. The first-order chi connectivity index (χ1) is 7.95. The maximum Gasteiger partial charge on any atom is 0.135 e. The molecule has 1 aromatic carbocycles. The van der Waals surface area contributed by atoms with E-state index in [1.165, 1.54) is 5.56 Å². The average molecular weight is 234 g/mol. The van der Waals surface area contributed by atoms with Crippen molar-refractivity contribution in [2.45, 2.75) is 46.1 Å². The van der Waals surface area contributed by atoms with E-state index in [0.29, 0.717) is 6.42 Å². The summed E-state index contributed by atoms with van der Waals surface area (Å²) in [4.78, 5) is 11.4. The van der Waals surface area contributed by atoms with Crippen LogP contribution >= 0.6 is 0 Å². The average Bonchev–Trinajstić information content (AvgIpc) is 2.29. The first-order valence-corrected chi connectivity index (χ1v) is 6.19. The second kappa shape index (κ2) is 5.97. The molecular formula is C15H22O2. The molecule has 0 aliphatic heterocycles. The van der Waals surface area contributed by atoms with Gasteiger partial charge < -0.3 is 5.11 Å². The molecule has 1 N–H and O–H groups in total. The molecule has 1 aromatic rings. The third kappa shape index (κ3) is 4.31. The standard InChI is InChI=1S/C15H22O2/c1-4-13(16)10-14(17)15(2,3)11-12-8-6-5-7-9-12/h5-9,14,17H,4,10-11H2,1-3H3/t14-/m0/s1. The van der Waals surface area contributed by atoms with Gasteiger partial charge in [-0.05, 0) is 17.4 Å². The largest absolute Gasteiger partial charge is 0.392 e. The summed E-state index contributed by atoms with van der Waals surface area (Å²) in [6, 6.07) is 10.1. The molecule has 0 saturated carbocycles. The van der Waals surface area contributed by atoms with Crippen molar-refractivity contribution < 1.29 is 9.90 Å². The Morgan fingerprint density at radius 2 is 1.88 bits per heavy atom. The number of benzene rings is 1. The van der Waals surface area contributed by atoms with Gasteiger partial charge in [0.25, 0.3) is 0 Å². The van der Waals surface area contributed by atoms with E-state index in [9.17, 15) is 9.90 Å². The second-order valence-corrected chi connectivity index (χ2v) is 5.26. The summed E-state index contributed by atoms with van der Waals surface area (Å²) in [6.07, 6.45) is 0.969. The van der Waals surface area contributed by atoms with E-state index in [4.69, 9.17) is 0 Å². The van der Waals surface area contributed by atoms with E-state index in [1.54, 1.807) is 0 Å². The zero-order valence-electron chi connectivity index (χ0n) is 10.9. The topological polar surface area (TPSA) is 37.3 Å². The fourth-order valence-electron chi connectivity index (χ4n) is 1.88. The van der Waals surface area contributed by atoms with E-state index in [1.807, 2.05) is 39.0 Å². The molecule has 0 saturated heterocycles. The van der Waals surface area contributed by atoms with Crippen LogP contribution in [0.5, 0.6) is 0 Å². The Morgan fingerprint density at radius 3 is 2.41 bits per heavy atom. The zero-order chi connectivity index (χ0) is 12.9. The first kappa shape index (κ1) is 13.9. The van der Waals surface area contributed by atoms with Crippen molar-refractivity contribution in [3.8, 4) is 0 Å². The van der Waals surface area contributed by atoms with Crippen LogP contribution in [0.2, 0.25) is 0 Å². The van der Waals surface area contributed by atoms with Gasteiger partial charge in [-0.2, -0.15) is 0 Å². The SMILES string of the molecule is CCC(=O)C[C@H](O)C(C)(C)Cc1ccccc1. The molecule has 1 atom stereocenters. The van der Waals surface area contributed by atoms with E-state index >= 15 is 0 Å². The minimum absolute atomic E-state index is 0.124. The van der Waals surface area contributed by atoms with Gasteiger partial charge in [-0.15, -0.1) is 0 Å². The molecule has 0 amide bonds. The molecule has 94 valence electrons. The van der Waals surface area contributed by atoms with Gasteiger partial charge in [0.1, 0.15) is 5.78 Å². The molecule has 0 aliphatic carbocycles. The Bertz CT molecular complexity index is 354. The highest BCUT2D eigenvalue weighted by Crippen LogP contribution is 2.28. The normalized spacial score (nSPS) is 13.4. The number of carbonyl (C=O) groups is 1. The minimum Gasteiger partial charge on any atom is -0.392 e. The molecule has 1 rings (SSSR count). The van der Waals surface area contributed by atoms with Gasteiger partial charge in [-0.3, -0.25) is 4.79 Å². The fourth-order valence-corrected chi connectivity index (χ4v) is 1.88. The van der Waals surface area contributed by atoms with Crippen LogP contribution in [0.15, 0.2) is 30.3 Å². The van der Waals surface area contributed by atoms with Crippen LogP contribution in [0.3, 0.4) is 0 Å². The van der Waals surface area contributed by atoms with E-state index in [2.05, 4.69) is 12.1 Å². The van der Waals surface area contributed by atoms with Crippen molar-refractivity contribution in [1.29, 1.82) is 0 Å². The summed E-state index contributed by atoms with van der Waals surface area (Å²) in [5.41, 5.74) is 0.923. The van der Waals surface area contributed by atoms with Crippen LogP contribution in [0, 0.1) is 5.41 Å². The lowest BCUT2D eigenvalue weighted by atomic mass is 9.78. The molecule has 2 nitrogen and oxygen atoms in total. The van der Waals surface area contributed by atoms with Crippen LogP contribution in [-0.2, 0) is 11.2 Å². The smallest absolute Gasteiger partial charge is 0.135 e. The van der Waals surface area contributed by atoms with Crippen LogP contribution < -0.4 is 0 Å². The van der Waals surface area contributed by atoms with Gasteiger partial charge in [0.15, 0.2) is 0 Å². The molecule has 0 fully saturated rings. The zero-order valence-corrected chi connectivity index (χ0v) is 10.9. The highest BCUT2D eigenvalue weighted by molar-refractivity contribution is 5.78. The second-order valence-electron chi connectivity index (χ2n) is 5.26. The molecule has 0 spiro atoms. The molecule has 0 radical (unpaired) electrons. The van der Waals surface area contributed by atoms with Crippen molar-refractivity contribution >= 4 is 5.78 Å². The summed E-state index contributed by atoms with van der Waals surface area (Å²) in [7, 11) is 0. The number of hydrogen-bond donors (Lipinski definition) is 1. The van der Waals surface area contributed by atoms with Crippen molar-refractivity contribution in [3.05, 3.63) is 35.9 Å². The number of aliphatic hydroxyl groups is 1. The Kier molecular flexibility index (Phi) is 4.88. The number of rotatable bonds is 6. The third-order valence-electron chi connectivity index (χ3n) is 3.22. The number of hydrogen-bond acceptors (Lipinski definition) is 2. The lowest BCUT2D eigenvalue weighted by Gasteiger charge is -2.30. The molecule has 17 heavy (non-hydrogen) atoms. The Labute approximate surface area is 104 Å². The Hall–Kier alpha value is -1.15. The number of aliphatic hydroxyl groups excluding tert-OH is 1. The van der Waals surface area contributed by atoms with Crippen LogP contribution in [0.1, 0.15) is 39.2 Å². The quantitative estimate of drug-likeness (QED) is 0.821. The van der Waals surface area contributed by atoms with Crippen LogP contribution in [0.4, 0.5) is 0 Å². The van der Waals surface area contributed by atoms with Gasteiger partial charge >= 0.3 is 0 Å². The van der Waals surface area contributed by atoms with E-state index in [-0.39, 0.29) is 17.6 Å². The summed E-state index contributed by atoms with van der Waals surface area (Å²) in [5.74, 6) is 0.124. The lowest BCUT2D eigenvalue weighted by Crippen LogP contribution is -2.33.